The van der Waals surface area contributed by atoms with E-state index in [1.54, 1.807) is 0 Å². The number of aryl methyl sites for hydroxylation is 13. The second-order valence-electron chi connectivity index (χ2n) is 15.4. The van der Waals surface area contributed by atoms with Gasteiger partial charge in [-0.1, -0.05) is 182 Å². The fourth-order valence-corrected chi connectivity index (χ4v) is 5.84. The Balaban J connectivity index is 0.000000307. The van der Waals surface area contributed by atoms with Crippen molar-refractivity contribution in [1.29, 1.82) is 0 Å². The quantitative estimate of drug-likeness (QED) is 0.152. The van der Waals surface area contributed by atoms with Crippen LogP contribution in [-0.2, 0) is 0 Å². The summed E-state index contributed by atoms with van der Waals surface area (Å²) in [5, 5.41) is 0. The minimum atomic E-state index is 1.02. The molecule has 5 aromatic rings. The summed E-state index contributed by atoms with van der Waals surface area (Å²) >= 11 is 0. The zero-order valence-corrected chi connectivity index (χ0v) is 35.3. The zero-order valence-electron chi connectivity index (χ0n) is 35.3. The summed E-state index contributed by atoms with van der Waals surface area (Å²) in [5.41, 5.74) is 17.7. The van der Waals surface area contributed by atoms with Gasteiger partial charge in [0.25, 0.3) is 0 Å². The van der Waals surface area contributed by atoms with Crippen molar-refractivity contribution in [3.8, 4) is 0 Å². The molecule has 0 nitrogen and oxygen atoms in total. The van der Waals surface area contributed by atoms with Crippen molar-refractivity contribution < 1.29 is 0 Å². The summed E-state index contributed by atoms with van der Waals surface area (Å²) in [6.07, 6.45) is 5.89. The van der Waals surface area contributed by atoms with E-state index in [1.807, 2.05) is 0 Å². The normalized spacial score (nSPS) is 14.3. The summed E-state index contributed by atoms with van der Waals surface area (Å²) < 4.78 is 0. The summed E-state index contributed by atoms with van der Waals surface area (Å²) in [7, 11) is 0. The van der Waals surface area contributed by atoms with Crippen LogP contribution in [0.25, 0.3) is 0 Å². The smallest absolute Gasteiger partial charge is 0.0395 e. The average Bonchev–Trinajstić information content (AvgIpc) is 3.05. The Morgan fingerprint density at radius 3 is 0.784 bits per heavy atom. The Morgan fingerprint density at radius 1 is 0.275 bits per heavy atom. The first-order chi connectivity index (χ1) is 24.0. The van der Waals surface area contributed by atoms with Crippen molar-refractivity contribution in [3.05, 3.63) is 175 Å². The molecule has 1 aliphatic carbocycles. The molecule has 0 N–H and O–H groups in total. The van der Waals surface area contributed by atoms with Crippen LogP contribution in [0.2, 0.25) is 0 Å². The first-order valence-corrected chi connectivity index (χ1v) is 19.1. The molecule has 0 aliphatic heterocycles. The first kappa shape index (κ1) is 45.1. The summed E-state index contributed by atoms with van der Waals surface area (Å²) in [4.78, 5) is 0. The van der Waals surface area contributed by atoms with Crippen LogP contribution in [0.3, 0.4) is 0 Å². The lowest BCUT2D eigenvalue weighted by Gasteiger charge is -2.22. The molecule has 0 spiro atoms. The lowest BCUT2D eigenvalue weighted by molar-refractivity contribution is 0.308. The van der Waals surface area contributed by atoms with Gasteiger partial charge in [-0.05, 0) is 135 Å². The Bertz CT molecular complexity index is 1510. The minimum absolute atomic E-state index is 1.02. The highest BCUT2D eigenvalue weighted by Crippen LogP contribution is 2.27. The molecular formula is C51H72. The Morgan fingerprint density at radius 2 is 0.549 bits per heavy atom. The highest BCUT2D eigenvalue weighted by Gasteiger charge is 2.13. The maximum atomic E-state index is 2.37. The van der Waals surface area contributed by atoms with E-state index in [2.05, 4.69) is 207 Å². The van der Waals surface area contributed by atoms with Gasteiger partial charge in [-0.15, -0.1) is 0 Å². The van der Waals surface area contributed by atoms with E-state index in [0.717, 1.165) is 11.8 Å². The molecule has 0 radical (unpaired) electrons. The monoisotopic (exact) mass is 685 g/mol. The van der Waals surface area contributed by atoms with Gasteiger partial charge in [0, 0.05) is 0 Å². The molecule has 5 aromatic carbocycles. The summed E-state index contributed by atoms with van der Waals surface area (Å²) in [5.74, 6) is 2.04. The van der Waals surface area contributed by atoms with Gasteiger partial charge in [-0.25, -0.2) is 0 Å². The molecule has 6 rings (SSSR count). The molecule has 0 amide bonds. The first-order valence-electron chi connectivity index (χ1n) is 19.1. The maximum absolute atomic E-state index is 2.37. The van der Waals surface area contributed by atoms with Crippen LogP contribution < -0.4 is 0 Å². The minimum Gasteiger partial charge on any atom is -0.0625 e. The molecule has 0 atom stereocenters. The van der Waals surface area contributed by atoms with Crippen LogP contribution in [0.1, 0.15) is 112 Å². The average molecular weight is 685 g/mol. The van der Waals surface area contributed by atoms with Crippen LogP contribution in [0, 0.1) is 102 Å². The molecular weight excluding hydrogens is 613 g/mol. The molecule has 0 heterocycles. The van der Waals surface area contributed by atoms with Gasteiger partial charge >= 0.3 is 0 Å². The van der Waals surface area contributed by atoms with Crippen molar-refractivity contribution in [1.82, 2.24) is 0 Å². The topological polar surface area (TPSA) is 0 Å². The van der Waals surface area contributed by atoms with Crippen molar-refractivity contribution in [2.24, 2.45) is 11.8 Å². The van der Waals surface area contributed by atoms with E-state index in [1.165, 1.54) is 98.0 Å². The van der Waals surface area contributed by atoms with Gasteiger partial charge in [-0.2, -0.15) is 0 Å². The predicted molar refractivity (Wildman–Crippen MR) is 231 cm³/mol. The number of hydrogen-bond donors (Lipinski definition) is 0. The van der Waals surface area contributed by atoms with Gasteiger partial charge < -0.3 is 0 Å². The van der Waals surface area contributed by atoms with Crippen LogP contribution in [0.15, 0.2) is 103 Å². The fraction of sp³-hybridized carbons (Fsp3) is 0.412. The van der Waals surface area contributed by atoms with Crippen molar-refractivity contribution in [2.75, 3.05) is 0 Å². The lowest BCUT2D eigenvalue weighted by Crippen LogP contribution is -2.08. The van der Waals surface area contributed by atoms with E-state index in [9.17, 15) is 0 Å². The van der Waals surface area contributed by atoms with Gasteiger partial charge in [0.2, 0.25) is 0 Å². The van der Waals surface area contributed by atoms with Crippen molar-refractivity contribution in [2.45, 2.75) is 130 Å². The van der Waals surface area contributed by atoms with Gasteiger partial charge in [0.05, 0.1) is 0 Å². The van der Waals surface area contributed by atoms with Crippen LogP contribution in [0.5, 0.6) is 0 Å². The third kappa shape index (κ3) is 21.2. The highest BCUT2D eigenvalue weighted by atomic mass is 14.2. The summed E-state index contributed by atoms with van der Waals surface area (Å²) in [6.45, 7) is 32.4. The fourth-order valence-electron chi connectivity index (χ4n) is 5.84. The molecule has 0 heteroatoms. The number of rotatable bonds is 0. The Labute approximate surface area is 315 Å². The second-order valence-corrected chi connectivity index (χ2v) is 15.4. The molecule has 1 aliphatic rings. The molecule has 0 saturated heterocycles. The largest absolute Gasteiger partial charge is 0.0625 e. The Hall–Kier alpha value is -3.90. The van der Waals surface area contributed by atoms with Crippen LogP contribution in [-0.4, -0.2) is 0 Å². The molecule has 51 heavy (non-hydrogen) atoms. The van der Waals surface area contributed by atoms with E-state index in [0.29, 0.717) is 0 Å². The van der Waals surface area contributed by atoms with E-state index < -0.39 is 0 Å². The third-order valence-corrected chi connectivity index (χ3v) is 9.60. The molecule has 0 aromatic heterocycles. The highest BCUT2D eigenvalue weighted by molar-refractivity contribution is 5.35. The standard InChI is InChI=1S/C10H14.C9H12.C8H16.3C8H10/c1-7-5-9(3)10(4)6-8(7)2;1-7-4-8(2)6-9(3)5-7;2*1-7-3-5-8(2)6-4-7;1-7-4-3-5-8(2)6-7;1-7-5-3-4-6-8(7)2/h5-6H,1-4H3;4-6H,1-3H3;7-8H,3-6H2,1-2H3;3*3-6H,1-2H3. The van der Waals surface area contributed by atoms with E-state index in [-0.39, 0.29) is 0 Å². The van der Waals surface area contributed by atoms with E-state index in [4.69, 9.17) is 0 Å². The lowest BCUT2D eigenvalue weighted by atomic mass is 9.84. The third-order valence-electron chi connectivity index (χ3n) is 9.60. The second kappa shape index (κ2) is 24.3. The molecule has 1 fully saturated rings. The molecule has 1 saturated carbocycles. The van der Waals surface area contributed by atoms with Crippen LogP contribution >= 0.6 is 0 Å². The number of hydrogen-bond acceptors (Lipinski definition) is 0. The molecule has 276 valence electrons. The Kier molecular flexibility index (Phi) is 21.5. The zero-order chi connectivity index (χ0) is 38.5. The molecule has 0 unspecified atom stereocenters. The van der Waals surface area contributed by atoms with Crippen molar-refractivity contribution >= 4 is 0 Å². The van der Waals surface area contributed by atoms with E-state index >= 15 is 0 Å². The SMILES string of the molecule is CC1CCC(C)CC1.Cc1cc(C)c(C)cc1C.Cc1cc(C)cc(C)c1.Cc1ccc(C)cc1.Cc1cccc(C)c1.Cc1ccccc1C. The predicted octanol–water partition coefficient (Wildman–Crippen LogP) is 15.3. The van der Waals surface area contributed by atoms with Gasteiger partial charge in [-0.3, -0.25) is 0 Å². The maximum Gasteiger partial charge on any atom is -0.0395 e. The molecule has 0 bridgehead atoms. The van der Waals surface area contributed by atoms with Gasteiger partial charge in [0.15, 0.2) is 0 Å². The van der Waals surface area contributed by atoms with Crippen LogP contribution in [0.4, 0.5) is 0 Å². The number of benzene rings is 5. The summed E-state index contributed by atoms with van der Waals surface area (Å²) in [6, 6.07) is 36.3. The van der Waals surface area contributed by atoms with Gasteiger partial charge in [0.1, 0.15) is 0 Å². The van der Waals surface area contributed by atoms with Crippen molar-refractivity contribution in [3.63, 3.8) is 0 Å².